The Morgan fingerprint density at radius 3 is 2.67 bits per heavy atom. The smallest absolute Gasteiger partial charge is 0.404 e. The highest BCUT2D eigenvalue weighted by Gasteiger charge is 2.32. The van der Waals surface area contributed by atoms with Crippen molar-refractivity contribution in [1.29, 1.82) is 0 Å². The number of hydrogen-bond acceptors (Lipinski definition) is 8. The van der Waals surface area contributed by atoms with Gasteiger partial charge in [-0.1, -0.05) is 36.4 Å². The number of piperidine rings is 2. The molecule has 4 rings (SSSR count). The highest BCUT2D eigenvalue weighted by Crippen LogP contribution is 2.37. The first-order chi connectivity index (χ1) is 17.3. The fraction of sp³-hybridized carbons (Fsp3) is 0.520. The SMILES string of the molecule is CC1(COC(N)=O)CCN(c2cnc(Sc3cccc(NC(=O)CC4CCNCC4)c3Cl)cn2)CC1. The molecule has 1 aromatic carbocycles. The third kappa shape index (κ3) is 7.24. The molecule has 0 spiro atoms. The second-order valence-electron chi connectivity index (χ2n) is 9.78. The molecule has 2 saturated heterocycles. The molecule has 2 amide bonds. The molecular formula is C25H33ClN6O3S. The quantitative estimate of drug-likeness (QED) is 0.459. The van der Waals surface area contributed by atoms with Crippen LogP contribution in [-0.4, -0.2) is 54.8 Å². The summed E-state index contributed by atoms with van der Waals surface area (Å²) in [7, 11) is 0. The maximum atomic E-state index is 12.5. The van der Waals surface area contributed by atoms with E-state index < -0.39 is 6.09 Å². The lowest BCUT2D eigenvalue weighted by atomic mass is 9.81. The summed E-state index contributed by atoms with van der Waals surface area (Å²) in [6.07, 6.45) is 7.05. The number of ether oxygens (including phenoxy) is 1. The van der Waals surface area contributed by atoms with Gasteiger partial charge in [-0.2, -0.15) is 0 Å². The zero-order chi connectivity index (χ0) is 25.5. The monoisotopic (exact) mass is 532 g/mol. The maximum absolute atomic E-state index is 12.5. The fourth-order valence-electron chi connectivity index (χ4n) is 4.54. The number of nitrogens with zero attached hydrogens (tertiary/aromatic N) is 3. The van der Waals surface area contributed by atoms with Crippen molar-refractivity contribution in [2.24, 2.45) is 17.1 Å². The van der Waals surface area contributed by atoms with E-state index in [-0.39, 0.29) is 11.3 Å². The summed E-state index contributed by atoms with van der Waals surface area (Å²) in [5.41, 5.74) is 5.64. The highest BCUT2D eigenvalue weighted by atomic mass is 35.5. The minimum atomic E-state index is -0.733. The van der Waals surface area contributed by atoms with Crippen LogP contribution in [0.5, 0.6) is 0 Å². The van der Waals surface area contributed by atoms with Crippen LogP contribution in [0.3, 0.4) is 0 Å². The molecule has 1 aromatic heterocycles. The van der Waals surface area contributed by atoms with E-state index in [1.54, 1.807) is 12.4 Å². The second kappa shape index (κ2) is 12.1. The van der Waals surface area contributed by atoms with Gasteiger partial charge >= 0.3 is 6.09 Å². The van der Waals surface area contributed by atoms with Gasteiger partial charge in [-0.25, -0.2) is 14.8 Å². The van der Waals surface area contributed by atoms with Gasteiger partial charge in [0.2, 0.25) is 5.91 Å². The molecule has 2 fully saturated rings. The van der Waals surface area contributed by atoms with Crippen LogP contribution in [0, 0.1) is 11.3 Å². The van der Waals surface area contributed by atoms with Crippen molar-refractivity contribution in [2.75, 3.05) is 43.0 Å². The number of nitrogens with two attached hydrogens (primary N) is 1. The molecule has 36 heavy (non-hydrogen) atoms. The molecule has 4 N–H and O–H groups in total. The van der Waals surface area contributed by atoms with Crippen LogP contribution in [0.1, 0.15) is 39.0 Å². The number of halogens is 1. The van der Waals surface area contributed by atoms with Crippen LogP contribution in [0.2, 0.25) is 5.02 Å². The van der Waals surface area contributed by atoms with Crippen molar-refractivity contribution >= 4 is 46.9 Å². The number of nitrogens with one attached hydrogen (secondary N) is 2. The Bertz CT molecular complexity index is 1060. The Labute approximate surface area is 220 Å². The molecule has 2 aromatic rings. The molecule has 2 aliphatic heterocycles. The Balaban J connectivity index is 1.32. The van der Waals surface area contributed by atoms with Crippen LogP contribution in [0.4, 0.5) is 16.3 Å². The van der Waals surface area contributed by atoms with Crippen molar-refractivity contribution in [2.45, 2.75) is 48.9 Å². The first-order valence-electron chi connectivity index (χ1n) is 12.3. The van der Waals surface area contributed by atoms with Gasteiger partial charge in [-0.05, 0) is 56.8 Å². The van der Waals surface area contributed by atoms with Crippen molar-refractivity contribution in [1.82, 2.24) is 15.3 Å². The summed E-state index contributed by atoms with van der Waals surface area (Å²) in [6.45, 7) is 5.96. The van der Waals surface area contributed by atoms with E-state index in [1.165, 1.54) is 11.8 Å². The molecule has 0 aliphatic carbocycles. The maximum Gasteiger partial charge on any atom is 0.404 e. The third-order valence-electron chi connectivity index (χ3n) is 6.86. The molecule has 9 nitrogen and oxygen atoms in total. The lowest BCUT2D eigenvalue weighted by Gasteiger charge is -2.39. The summed E-state index contributed by atoms with van der Waals surface area (Å²) in [5, 5.41) is 7.52. The minimum absolute atomic E-state index is 0.00564. The lowest BCUT2D eigenvalue weighted by Crippen LogP contribution is -2.42. The molecule has 2 aliphatic rings. The largest absolute Gasteiger partial charge is 0.449 e. The molecule has 194 valence electrons. The van der Waals surface area contributed by atoms with Crippen LogP contribution < -0.4 is 21.3 Å². The Morgan fingerprint density at radius 2 is 2.00 bits per heavy atom. The number of rotatable bonds is 8. The van der Waals surface area contributed by atoms with E-state index in [0.29, 0.717) is 29.7 Å². The number of benzene rings is 1. The number of carbonyl (C=O) groups is 2. The Hall–Kier alpha value is -2.56. The summed E-state index contributed by atoms with van der Waals surface area (Å²) in [5.74, 6) is 1.21. The first-order valence-corrected chi connectivity index (χ1v) is 13.5. The van der Waals surface area contributed by atoms with Crippen molar-refractivity contribution < 1.29 is 14.3 Å². The predicted molar refractivity (Wildman–Crippen MR) is 142 cm³/mol. The summed E-state index contributed by atoms with van der Waals surface area (Å²) < 4.78 is 5.02. The van der Waals surface area contributed by atoms with Gasteiger partial charge in [-0.15, -0.1) is 0 Å². The molecule has 0 bridgehead atoms. The van der Waals surface area contributed by atoms with Crippen molar-refractivity contribution in [3.8, 4) is 0 Å². The standard InChI is InChI=1S/C25H33ClN6O3S/c1-25(16-35-24(27)34)7-11-32(12-8-25)20-14-30-22(15-29-20)36-19-4-2-3-18(23(19)26)31-21(33)13-17-5-9-28-10-6-17/h2-4,14-15,17,28H,5-13,16H2,1H3,(H2,27,34)(H,31,33). The average molecular weight is 533 g/mol. The zero-order valence-corrected chi connectivity index (χ0v) is 22.0. The Kier molecular flexibility index (Phi) is 8.92. The zero-order valence-electron chi connectivity index (χ0n) is 20.5. The first kappa shape index (κ1) is 26.5. The summed E-state index contributed by atoms with van der Waals surface area (Å²) >= 11 is 8.04. The molecule has 0 radical (unpaired) electrons. The van der Waals surface area contributed by atoms with E-state index in [1.807, 2.05) is 18.2 Å². The number of anilines is 2. The fourth-order valence-corrected chi connectivity index (χ4v) is 5.61. The lowest BCUT2D eigenvalue weighted by molar-refractivity contribution is -0.117. The molecule has 3 heterocycles. The van der Waals surface area contributed by atoms with Gasteiger partial charge in [0, 0.05) is 29.8 Å². The predicted octanol–water partition coefficient (Wildman–Crippen LogP) is 4.31. The highest BCUT2D eigenvalue weighted by molar-refractivity contribution is 7.99. The van der Waals surface area contributed by atoms with E-state index in [4.69, 9.17) is 22.1 Å². The molecule has 0 saturated carbocycles. The van der Waals surface area contributed by atoms with E-state index in [9.17, 15) is 9.59 Å². The van der Waals surface area contributed by atoms with E-state index in [0.717, 1.165) is 67.6 Å². The molecular weight excluding hydrogens is 500 g/mol. The second-order valence-corrected chi connectivity index (χ2v) is 11.2. The van der Waals surface area contributed by atoms with Gasteiger partial charge in [0.15, 0.2) is 0 Å². The van der Waals surface area contributed by atoms with E-state index >= 15 is 0 Å². The van der Waals surface area contributed by atoms with Crippen LogP contribution in [0.15, 0.2) is 40.5 Å². The molecule has 0 unspecified atom stereocenters. The van der Waals surface area contributed by atoms with E-state index in [2.05, 4.69) is 32.4 Å². The van der Waals surface area contributed by atoms with Crippen LogP contribution in [-0.2, 0) is 9.53 Å². The van der Waals surface area contributed by atoms with Gasteiger partial charge in [-0.3, -0.25) is 4.79 Å². The number of primary amides is 1. The minimum Gasteiger partial charge on any atom is -0.449 e. The number of carbonyl (C=O) groups excluding carboxylic acids is 2. The number of amides is 2. The molecule has 11 heteroatoms. The summed E-state index contributed by atoms with van der Waals surface area (Å²) in [6, 6.07) is 5.60. The van der Waals surface area contributed by atoms with Gasteiger partial charge in [0.05, 0.1) is 29.7 Å². The topological polar surface area (TPSA) is 122 Å². The Morgan fingerprint density at radius 1 is 1.25 bits per heavy atom. The number of hydrogen-bond donors (Lipinski definition) is 3. The normalized spacial score (nSPS) is 18.0. The van der Waals surface area contributed by atoms with Gasteiger partial charge in [0.1, 0.15) is 10.8 Å². The average Bonchev–Trinajstić information content (AvgIpc) is 2.87. The van der Waals surface area contributed by atoms with Crippen LogP contribution >= 0.6 is 23.4 Å². The molecule has 0 atom stereocenters. The summed E-state index contributed by atoms with van der Waals surface area (Å²) in [4.78, 5) is 35.6. The number of aromatic nitrogens is 2. The van der Waals surface area contributed by atoms with Gasteiger partial charge < -0.3 is 26.0 Å². The third-order valence-corrected chi connectivity index (χ3v) is 8.36. The van der Waals surface area contributed by atoms with Crippen molar-refractivity contribution in [3.63, 3.8) is 0 Å². The van der Waals surface area contributed by atoms with Gasteiger partial charge in [0.25, 0.3) is 0 Å². The van der Waals surface area contributed by atoms with Crippen molar-refractivity contribution in [3.05, 3.63) is 35.6 Å². The van der Waals surface area contributed by atoms with Crippen LogP contribution in [0.25, 0.3) is 0 Å².